The molecule has 4 N–H and O–H groups in total. The van der Waals surface area contributed by atoms with E-state index in [1.807, 2.05) is 18.2 Å². The summed E-state index contributed by atoms with van der Waals surface area (Å²) in [5.41, 5.74) is 8.82. The highest BCUT2D eigenvalue weighted by atomic mass is 32.2. The van der Waals surface area contributed by atoms with E-state index >= 15 is 0 Å². The van der Waals surface area contributed by atoms with Crippen LogP contribution in [0.2, 0.25) is 0 Å². The number of nitriles is 1. The molecule has 2 aromatic rings. The maximum atomic E-state index is 12.4. The quantitative estimate of drug-likeness (QED) is 0.512. The first-order valence-electron chi connectivity index (χ1n) is 10.2. The number of rotatable bonds is 4. The lowest BCUT2D eigenvalue weighted by Gasteiger charge is -2.24. The van der Waals surface area contributed by atoms with E-state index in [0.717, 1.165) is 35.4 Å². The number of aromatic amines is 1. The molecule has 7 nitrogen and oxygen atoms in total. The summed E-state index contributed by atoms with van der Waals surface area (Å²) in [6.45, 7) is 1.43. The van der Waals surface area contributed by atoms with Gasteiger partial charge >= 0.3 is 0 Å². The summed E-state index contributed by atoms with van der Waals surface area (Å²) in [6, 6.07) is 9.53. The van der Waals surface area contributed by atoms with Crippen LogP contribution in [0.4, 0.5) is 11.4 Å². The second-order valence-electron chi connectivity index (χ2n) is 7.39. The van der Waals surface area contributed by atoms with Crippen LogP contribution in [0, 0.1) is 11.3 Å². The Morgan fingerprint density at radius 2 is 2.03 bits per heavy atom. The van der Waals surface area contributed by atoms with Crippen LogP contribution < -0.4 is 16.6 Å². The fraction of sp³-hybridized carbons (Fsp3) is 0.409. The number of hydrogen-bond donors (Lipinski definition) is 3. The topological polar surface area (TPSA) is 124 Å². The van der Waals surface area contributed by atoms with Gasteiger partial charge in [-0.3, -0.25) is 9.00 Å². The zero-order chi connectivity index (χ0) is 21.5. The maximum absolute atomic E-state index is 12.4. The van der Waals surface area contributed by atoms with Gasteiger partial charge < -0.3 is 16.0 Å². The van der Waals surface area contributed by atoms with Crippen molar-refractivity contribution in [2.24, 2.45) is 10.7 Å². The van der Waals surface area contributed by atoms with Gasteiger partial charge in [0.15, 0.2) is 0 Å². The number of pyridine rings is 1. The number of hydrogen-bond acceptors (Lipinski definition) is 5. The highest BCUT2D eigenvalue weighted by Crippen LogP contribution is 2.28. The summed E-state index contributed by atoms with van der Waals surface area (Å²) in [6.07, 6.45) is 8.30. The Labute approximate surface area is 178 Å². The Morgan fingerprint density at radius 1 is 1.30 bits per heavy atom. The molecule has 4 rings (SSSR count). The van der Waals surface area contributed by atoms with Crippen LogP contribution in [0.15, 0.2) is 45.1 Å². The SMILES string of the molecule is CC#N.NC(=Nc1ccc2c(c1)CCS2=O)c1c(NC2CCCCC2)cc[nH]c1=O. The number of nitrogens with two attached hydrogens (primary N) is 1. The number of nitrogens with one attached hydrogen (secondary N) is 2. The van der Waals surface area contributed by atoms with Crippen LogP contribution >= 0.6 is 0 Å². The number of amidine groups is 1. The molecule has 1 aliphatic heterocycles. The lowest BCUT2D eigenvalue weighted by molar-refractivity contribution is 0.462. The van der Waals surface area contributed by atoms with Crippen molar-refractivity contribution in [1.82, 2.24) is 4.98 Å². The van der Waals surface area contributed by atoms with E-state index in [2.05, 4.69) is 15.3 Å². The molecule has 0 spiro atoms. The average molecular weight is 426 g/mol. The van der Waals surface area contributed by atoms with E-state index < -0.39 is 10.8 Å². The lowest BCUT2D eigenvalue weighted by atomic mass is 9.95. The minimum absolute atomic E-state index is 0.189. The van der Waals surface area contributed by atoms with Crippen molar-refractivity contribution in [3.8, 4) is 6.07 Å². The summed E-state index contributed by atoms with van der Waals surface area (Å²) >= 11 is 0. The van der Waals surface area contributed by atoms with Crippen molar-refractivity contribution in [3.05, 3.63) is 51.9 Å². The fourth-order valence-electron chi connectivity index (χ4n) is 3.88. The van der Waals surface area contributed by atoms with Crippen LogP contribution in [0.1, 0.15) is 50.2 Å². The van der Waals surface area contributed by atoms with Crippen LogP contribution in [0.3, 0.4) is 0 Å². The van der Waals surface area contributed by atoms with Gasteiger partial charge in [0.2, 0.25) is 0 Å². The van der Waals surface area contributed by atoms with Crippen molar-refractivity contribution in [2.75, 3.05) is 11.1 Å². The Morgan fingerprint density at radius 3 is 2.77 bits per heavy atom. The second-order valence-corrected chi connectivity index (χ2v) is 8.93. The van der Waals surface area contributed by atoms with Crippen molar-refractivity contribution in [1.29, 1.82) is 5.26 Å². The molecule has 0 amide bonds. The van der Waals surface area contributed by atoms with E-state index in [0.29, 0.717) is 23.0 Å². The van der Waals surface area contributed by atoms with E-state index in [-0.39, 0.29) is 11.4 Å². The maximum Gasteiger partial charge on any atom is 0.261 e. The monoisotopic (exact) mass is 425 g/mol. The summed E-state index contributed by atoms with van der Waals surface area (Å²) in [5, 5.41) is 10.8. The number of nitrogens with zero attached hydrogens (tertiary/aromatic N) is 2. The van der Waals surface area contributed by atoms with Gasteiger partial charge in [-0.1, -0.05) is 19.3 Å². The van der Waals surface area contributed by atoms with Gasteiger partial charge in [0, 0.05) is 29.8 Å². The number of fused-ring (bicyclic) bond motifs is 1. The van der Waals surface area contributed by atoms with E-state index in [9.17, 15) is 9.00 Å². The number of anilines is 1. The predicted molar refractivity (Wildman–Crippen MR) is 121 cm³/mol. The third-order valence-corrected chi connectivity index (χ3v) is 6.74. The molecule has 1 aromatic carbocycles. The van der Waals surface area contributed by atoms with Gasteiger partial charge in [-0.05, 0) is 49.1 Å². The van der Waals surface area contributed by atoms with Gasteiger partial charge in [-0.2, -0.15) is 5.26 Å². The van der Waals surface area contributed by atoms with Crippen molar-refractivity contribution < 1.29 is 4.21 Å². The van der Waals surface area contributed by atoms with Crippen LogP contribution in [-0.4, -0.2) is 26.8 Å². The molecule has 8 heteroatoms. The van der Waals surface area contributed by atoms with Crippen molar-refractivity contribution in [3.63, 3.8) is 0 Å². The standard InChI is InChI=1S/C20H24N4O2S.C2H3N/c21-19(24-15-6-7-17-13(12-15)9-11-27(17)26)18-16(8-10-22-20(18)25)23-14-4-2-1-3-5-14;1-2-3/h6-8,10,12,14H,1-5,9,11H2,(H2,21,24)(H2,22,23,25);1H3. The predicted octanol–water partition coefficient (Wildman–Crippen LogP) is 3.35. The number of aryl methyl sites for hydroxylation is 1. The number of aromatic nitrogens is 1. The summed E-state index contributed by atoms with van der Waals surface area (Å²) in [5.74, 6) is 0.848. The summed E-state index contributed by atoms with van der Waals surface area (Å²) < 4.78 is 11.9. The molecule has 1 atom stereocenters. The molecular weight excluding hydrogens is 398 g/mol. The van der Waals surface area contributed by atoms with Gasteiger partial charge in [0.1, 0.15) is 11.4 Å². The van der Waals surface area contributed by atoms with Crippen LogP contribution in [-0.2, 0) is 17.2 Å². The van der Waals surface area contributed by atoms with E-state index in [1.54, 1.807) is 18.3 Å². The third kappa shape index (κ3) is 5.16. The Hall–Kier alpha value is -2.92. The molecule has 1 saturated carbocycles. The van der Waals surface area contributed by atoms with Gasteiger partial charge in [0.05, 0.1) is 28.2 Å². The molecule has 2 aliphatic rings. The molecule has 0 bridgehead atoms. The molecule has 30 heavy (non-hydrogen) atoms. The Kier molecular flexibility index (Phi) is 7.41. The Balaban J connectivity index is 0.000000806. The third-order valence-electron chi connectivity index (χ3n) is 5.28. The van der Waals surface area contributed by atoms with E-state index in [1.165, 1.54) is 26.2 Å². The second kappa shape index (κ2) is 10.2. The molecule has 2 heterocycles. The molecule has 1 unspecified atom stereocenters. The number of benzene rings is 1. The van der Waals surface area contributed by atoms with Crippen molar-refractivity contribution >= 4 is 28.0 Å². The van der Waals surface area contributed by atoms with Gasteiger partial charge in [-0.25, -0.2) is 4.99 Å². The zero-order valence-corrected chi connectivity index (χ0v) is 17.9. The summed E-state index contributed by atoms with van der Waals surface area (Å²) in [7, 11) is -0.911. The molecule has 1 fully saturated rings. The Bertz CT molecular complexity index is 1050. The molecule has 158 valence electrons. The molecular formula is C22H27N5O2S. The first-order chi connectivity index (χ1) is 14.5. The lowest BCUT2D eigenvalue weighted by Crippen LogP contribution is -2.29. The minimum Gasteiger partial charge on any atom is -0.383 e. The van der Waals surface area contributed by atoms with Gasteiger partial charge in [-0.15, -0.1) is 0 Å². The molecule has 0 saturated heterocycles. The van der Waals surface area contributed by atoms with Gasteiger partial charge in [0.25, 0.3) is 5.56 Å². The number of aliphatic imine (C=N–C) groups is 1. The average Bonchev–Trinajstić information content (AvgIpc) is 3.09. The first kappa shape index (κ1) is 21.8. The highest BCUT2D eigenvalue weighted by Gasteiger charge is 2.20. The van der Waals surface area contributed by atoms with Crippen LogP contribution in [0.25, 0.3) is 0 Å². The van der Waals surface area contributed by atoms with Crippen LogP contribution in [0.5, 0.6) is 0 Å². The largest absolute Gasteiger partial charge is 0.383 e. The first-order valence-corrected chi connectivity index (χ1v) is 11.5. The normalized spacial score (nSPS) is 18.7. The number of H-pyrrole nitrogens is 1. The molecule has 1 aliphatic carbocycles. The van der Waals surface area contributed by atoms with Crippen molar-refractivity contribution in [2.45, 2.75) is 56.4 Å². The smallest absolute Gasteiger partial charge is 0.261 e. The summed E-state index contributed by atoms with van der Waals surface area (Å²) in [4.78, 5) is 20.5. The fourth-order valence-corrected chi connectivity index (χ4v) is 5.18. The van der Waals surface area contributed by atoms with E-state index in [4.69, 9.17) is 11.0 Å². The highest BCUT2D eigenvalue weighted by molar-refractivity contribution is 7.85. The molecule has 0 radical (unpaired) electrons. The zero-order valence-electron chi connectivity index (χ0n) is 17.1. The minimum atomic E-state index is -0.911. The molecule has 1 aromatic heterocycles.